The van der Waals surface area contributed by atoms with Crippen LogP contribution in [0.2, 0.25) is 0 Å². The van der Waals surface area contributed by atoms with Gasteiger partial charge in [0.15, 0.2) is 0 Å². The van der Waals surface area contributed by atoms with E-state index in [0.717, 1.165) is 32.8 Å². The molecule has 2 N–H and O–H groups in total. The van der Waals surface area contributed by atoms with Crippen molar-refractivity contribution in [2.24, 2.45) is 0 Å². The van der Waals surface area contributed by atoms with Gasteiger partial charge in [-0.3, -0.25) is 0 Å². The molecule has 1 unspecified atom stereocenters. The maximum absolute atomic E-state index is 5.58. The maximum atomic E-state index is 5.58. The van der Waals surface area contributed by atoms with E-state index in [0.29, 0.717) is 6.10 Å². The Labute approximate surface area is 88.5 Å². The Morgan fingerprint density at radius 3 is 3.36 bits per heavy atom. The summed E-state index contributed by atoms with van der Waals surface area (Å²) < 4.78 is 5.58. The Kier molecular flexibility index (Phi) is 3.94. The van der Waals surface area contributed by atoms with Crippen molar-refractivity contribution in [1.82, 2.24) is 10.6 Å². The number of hydrogen-bond donors (Lipinski definition) is 2. The predicted molar refractivity (Wildman–Crippen MR) is 58.6 cm³/mol. The van der Waals surface area contributed by atoms with Crippen molar-refractivity contribution in [2.75, 3.05) is 26.2 Å². The van der Waals surface area contributed by atoms with Crippen molar-refractivity contribution in [3.8, 4) is 0 Å². The van der Waals surface area contributed by atoms with Crippen molar-refractivity contribution in [3.05, 3.63) is 22.4 Å². The Hall–Kier alpha value is -0.420. The number of ether oxygens (including phenoxy) is 1. The van der Waals surface area contributed by atoms with Gasteiger partial charge in [-0.1, -0.05) is 6.07 Å². The van der Waals surface area contributed by atoms with E-state index in [4.69, 9.17) is 4.74 Å². The first-order valence-corrected chi connectivity index (χ1v) is 5.88. The fourth-order valence-corrected chi connectivity index (χ4v) is 2.19. The summed E-state index contributed by atoms with van der Waals surface area (Å²) in [5, 5.41) is 8.83. The Balaban J connectivity index is 1.62. The van der Waals surface area contributed by atoms with Crippen molar-refractivity contribution >= 4 is 11.3 Å². The zero-order chi connectivity index (χ0) is 9.64. The van der Waals surface area contributed by atoms with E-state index < -0.39 is 0 Å². The second kappa shape index (κ2) is 5.46. The molecule has 1 saturated heterocycles. The van der Waals surface area contributed by atoms with Gasteiger partial charge in [0.1, 0.15) is 0 Å². The molecule has 14 heavy (non-hydrogen) atoms. The van der Waals surface area contributed by atoms with E-state index in [1.165, 1.54) is 4.88 Å². The number of nitrogens with one attached hydrogen (secondary N) is 2. The van der Waals surface area contributed by atoms with Gasteiger partial charge in [0.05, 0.1) is 12.7 Å². The topological polar surface area (TPSA) is 33.3 Å². The van der Waals surface area contributed by atoms with Crippen LogP contribution < -0.4 is 10.6 Å². The standard InChI is InChI=1S/C10H16N2OS/c1-2-10(14-5-1)8-12-7-9-6-11-3-4-13-9/h1-2,5,9,11-12H,3-4,6-8H2. The van der Waals surface area contributed by atoms with Crippen LogP contribution in [0, 0.1) is 0 Å². The van der Waals surface area contributed by atoms with Gasteiger partial charge in [-0.15, -0.1) is 11.3 Å². The Bertz CT molecular complexity index is 245. The van der Waals surface area contributed by atoms with E-state index in [1.54, 1.807) is 11.3 Å². The van der Waals surface area contributed by atoms with E-state index >= 15 is 0 Å². The summed E-state index contributed by atoms with van der Waals surface area (Å²) in [4.78, 5) is 1.38. The van der Waals surface area contributed by atoms with Crippen LogP contribution in [-0.4, -0.2) is 32.3 Å². The summed E-state index contributed by atoms with van der Waals surface area (Å²) in [6, 6.07) is 4.23. The molecule has 1 atom stereocenters. The smallest absolute Gasteiger partial charge is 0.0824 e. The van der Waals surface area contributed by atoms with Crippen LogP contribution in [-0.2, 0) is 11.3 Å². The lowest BCUT2D eigenvalue weighted by atomic mass is 10.3. The zero-order valence-corrected chi connectivity index (χ0v) is 8.98. The molecule has 0 aromatic carbocycles. The Morgan fingerprint density at radius 1 is 1.64 bits per heavy atom. The molecule has 1 aliphatic heterocycles. The van der Waals surface area contributed by atoms with Crippen molar-refractivity contribution in [1.29, 1.82) is 0 Å². The van der Waals surface area contributed by atoms with Gasteiger partial charge < -0.3 is 15.4 Å². The van der Waals surface area contributed by atoms with Gasteiger partial charge in [-0.2, -0.15) is 0 Å². The highest BCUT2D eigenvalue weighted by atomic mass is 32.1. The minimum Gasteiger partial charge on any atom is -0.374 e. The minimum absolute atomic E-state index is 0.337. The molecule has 2 heterocycles. The number of thiophene rings is 1. The Morgan fingerprint density at radius 2 is 2.64 bits per heavy atom. The molecular weight excluding hydrogens is 196 g/mol. The second-order valence-electron chi connectivity index (χ2n) is 3.41. The molecule has 1 fully saturated rings. The minimum atomic E-state index is 0.337. The molecule has 1 aromatic rings. The SMILES string of the molecule is c1csc(CNCC2CNCCO2)c1. The van der Waals surface area contributed by atoms with Crippen molar-refractivity contribution in [3.63, 3.8) is 0 Å². The average Bonchev–Trinajstić information content (AvgIpc) is 2.72. The summed E-state index contributed by atoms with van der Waals surface area (Å²) in [7, 11) is 0. The molecule has 0 spiro atoms. The van der Waals surface area contributed by atoms with E-state index in [2.05, 4.69) is 28.1 Å². The molecule has 78 valence electrons. The fourth-order valence-electron chi connectivity index (χ4n) is 1.52. The van der Waals surface area contributed by atoms with E-state index in [9.17, 15) is 0 Å². The van der Waals surface area contributed by atoms with Crippen LogP contribution in [0.5, 0.6) is 0 Å². The fraction of sp³-hybridized carbons (Fsp3) is 0.600. The lowest BCUT2D eigenvalue weighted by Crippen LogP contribution is -2.43. The van der Waals surface area contributed by atoms with Crippen LogP contribution in [0.25, 0.3) is 0 Å². The zero-order valence-electron chi connectivity index (χ0n) is 8.16. The summed E-state index contributed by atoms with van der Waals surface area (Å²) in [6.45, 7) is 4.69. The lowest BCUT2D eigenvalue weighted by Gasteiger charge is -2.23. The van der Waals surface area contributed by atoms with Gasteiger partial charge in [0, 0.05) is 31.1 Å². The molecule has 0 saturated carbocycles. The van der Waals surface area contributed by atoms with Crippen molar-refractivity contribution < 1.29 is 4.74 Å². The average molecular weight is 212 g/mol. The quantitative estimate of drug-likeness (QED) is 0.775. The third-order valence-corrected chi connectivity index (χ3v) is 3.13. The maximum Gasteiger partial charge on any atom is 0.0824 e. The monoisotopic (exact) mass is 212 g/mol. The molecule has 2 rings (SSSR count). The first-order chi connectivity index (χ1) is 6.95. The van der Waals surface area contributed by atoms with Crippen LogP contribution in [0.4, 0.5) is 0 Å². The van der Waals surface area contributed by atoms with Crippen LogP contribution in [0.15, 0.2) is 17.5 Å². The molecule has 1 aromatic heterocycles. The summed E-state index contributed by atoms with van der Waals surface area (Å²) in [6.07, 6.45) is 0.337. The molecule has 0 amide bonds. The molecule has 0 radical (unpaired) electrons. The lowest BCUT2D eigenvalue weighted by molar-refractivity contribution is 0.0291. The number of rotatable bonds is 4. The molecule has 1 aliphatic rings. The van der Waals surface area contributed by atoms with Gasteiger partial charge in [-0.25, -0.2) is 0 Å². The summed E-state index contributed by atoms with van der Waals surface area (Å²) in [5.41, 5.74) is 0. The normalized spacial score (nSPS) is 22.4. The van der Waals surface area contributed by atoms with Gasteiger partial charge in [-0.05, 0) is 11.4 Å². The first-order valence-electron chi connectivity index (χ1n) is 5.00. The summed E-state index contributed by atoms with van der Waals surface area (Å²) in [5.74, 6) is 0. The molecular formula is C10H16N2OS. The first kappa shape index (κ1) is 10.1. The van der Waals surface area contributed by atoms with Gasteiger partial charge >= 0.3 is 0 Å². The van der Waals surface area contributed by atoms with Crippen LogP contribution in [0.3, 0.4) is 0 Å². The summed E-state index contributed by atoms with van der Waals surface area (Å²) >= 11 is 1.79. The largest absolute Gasteiger partial charge is 0.374 e. The van der Waals surface area contributed by atoms with Crippen LogP contribution >= 0.6 is 11.3 Å². The highest BCUT2D eigenvalue weighted by molar-refractivity contribution is 7.09. The van der Waals surface area contributed by atoms with E-state index in [1.807, 2.05) is 0 Å². The highest BCUT2D eigenvalue weighted by Gasteiger charge is 2.11. The molecule has 0 bridgehead atoms. The van der Waals surface area contributed by atoms with Gasteiger partial charge in [0.25, 0.3) is 0 Å². The van der Waals surface area contributed by atoms with Gasteiger partial charge in [0.2, 0.25) is 0 Å². The molecule has 3 nitrogen and oxygen atoms in total. The highest BCUT2D eigenvalue weighted by Crippen LogP contribution is 2.07. The third-order valence-electron chi connectivity index (χ3n) is 2.26. The third kappa shape index (κ3) is 3.06. The predicted octanol–water partition coefficient (Wildman–Crippen LogP) is 0.826. The molecule has 0 aliphatic carbocycles. The second-order valence-corrected chi connectivity index (χ2v) is 4.44. The van der Waals surface area contributed by atoms with E-state index in [-0.39, 0.29) is 0 Å². The number of hydrogen-bond acceptors (Lipinski definition) is 4. The number of morpholine rings is 1. The molecule has 4 heteroatoms. The van der Waals surface area contributed by atoms with Crippen LogP contribution in [0.1, 0.15) is 4.88 Å². The van der Waals surface area contributed by atoms with Crippen molar-refractivity contribution in [2.45, 2.75) is 12.6 Å².